The Morgan fingerprint density at radius 3 is 2.59 bits per heavy atom. The highest BCUT2D eigenvalue weighted by Crippen LogP contribution is 2.26. The van der Waals surface area contributed by atoms with E-state index in [0.717, 1.165) is 37.7 Å². The van der Waals surface area contributed by atoms with Crippen LogP contribution in [0, 0.1) is 5.92 Å². The molecule has 1 rings (SSSR count). The van der Waals surface area contributed by atoms with E-state index in [1.165, 1.54) is 11.1 Å². The van der Waals surface area contributed by atoms with Gasteiger partial charge in [-0.05, 0) is 58.8 Å². The van der Waals surface area contributed by atoms with Crippen LogP contribution in [0.5, 0.6) is 0 Å². The van der Waals surface area contributed by atoms with Crippen molar-refractivity contribution in [2.75, 3.05) is 0 Å². The lowest BCUT2D eigenvalue weighted by Gasteiger charge is -2.24. The van der Waals surface area contributed by atoms with E-state index in [0.29, 0.717) is 5.92 Å². The van der Waals surface area contributed by atoms with E-state index < -0.39 is 0 Å². The molecule has 0 bridgehead atoms. The summed E-state index contributed by atoms with van der Waals surface area (Å²) in [5.74, 6) is 0.434. The van der Waals surface area contributed by atoms with Crippen LogP contribution in [0.4, 0.5) is 0 Å². The van der Waals surface area contributed by atoms with Gasteiger partial charge in [-0.25, -0.2) is 0 Å². The maximum atomic E-state index is 10.2. The molecule has 0 aromatic heterocycles. The third kappa shape index (κ3) is 4.91. The maximum Gasteiger partial charge on any atom is 0.0608 e. The molecule has 2 unspecified atom stereocenters. The van der Waals surface area contributed by atoms with E-state index in [1.807, 2.05) is 0 Å². The van der Waals surface area contributed by atoms with Gasteiger partial charge in [0.05, 0.1) is 6.10 Å². The zero-order chi connectivity index (χ0) is 12.8. The van der Waals surface area contributed by atoms with Crippen LogP contribution in [0.2, 0.25) is 0 Å². The van der Waals surface area contributed by atoms with Gasteiger partial charge in [0.1, 0.15) is 0 Å². The Morgan fingerprint density at radius 2 is 2.06 bits per heavy atom. The van der Waals surface area contributed by atoms with Gasteiger partial charge in [0.15, 0.2) is 0 Å². The van der Waals surface area contributed by atoms with Crippen molar-refractivity contribution in [1.82, 2.24) is 0 Å². The summed E-state index contributed by atoms with van der Waals surface area (Å²) in [6.45, 7) is 10.5. The van der Waals surface area contributed by atoms with E-state index in [1.54, 1.807) is 0 Å². The Balaban J connectivity index is 2.40. The van der Waals surface area contributed by atoms with E-state index in [9.17, 15) is 5.11 Å². The average Bonchev–Trinajstić information content (AvgIpc) is 2.29. The van der Waals surface area contributed by atoms with Crippen LogP contribution in [-0.4, -0.2) is 11.2 Å². The Morgan fingerprint density at radius 1 is 1.35 bits per heavy atom. The molecule has 0 aromatic rings. The number of hydrogen-bond donors (Lipinski definition) is 1. The molecular formula is C16H26O. The minimum Gasteiger partial charge on any atom is -0.392 e. The summed E-state index contributed by atoms with van der Waals surface area (Å²) in [5.41, 5.74) is 3.90. The molecule has 1 aliphatic carbocycles. The Labute approximate surface area is 106 Å². The highest BCUT2D eigenvalue weighted by molar-refractivity contribution is 5.16. The van der Waals surface area contributed by atoms with Crippen LogP contribution < -0.4 is 0 Å². The molecule has 17 heavy (non-hydrogen) atoms. The van der Waals surface area contributed by atoms with Crippen molar-refractivity contribution in [3.05, 3.63) is 35.5 Å². The smallest absolute Gasteiger partial charge is 0.0608 e. The van der Waals surface area contributed by atoms with Crippen molar-refractivity contribution >= 4 is 0 Å². The normalized spacial score (nSPS) is 21.1. The lowest BCUT2D eigenvalue weighted by molar-refractivity contribution is 0.102. The molecule has 0 aromatic carbocycles. The zero-order valence-electron chi connectivity index (χ0n) is 11.5. The van der Waals surface area contributed by atoms with E-state index >= 15 is 0 Å². The lowest BCUT2D eigenvalue weighted by atomic mass is 9.85. The van der Waals surface area contributed by atoms with Crippen LogP contribution in [0.1, 0.15) is 52.9 Å². The van der Waals surface area contributed by atoms with Crippen LogP contribution in [0.15, 0.2) is 35.5 Å². The van der Waals surface area contributed by atoms with Crippen molar-refractivity contribution < 1.29 is 5.11 Å². The Hall–Kier alpha value is -0.820. The minimum absolute atomic E-state index is 0.211. The molecule has 0 aliphatic heterocycles. The largest absolute Gasteiger partial charge is 0.392 e. The van der Waals surface area contributed by atoms with Crippen LogP contribution >= 0.6 is 0 Å². The van der Waals surface area contributed by atoms with Gasteiger partial charge in [0.2, 0.25) is 0 Å². The van der Waals surface area contributed by atoms with Crippen LogP contribution in [0.25, 0.3) is 0 Å². The number of hydrogen-bond acceptors (Lipinski definition) is 1. The van der Waals surface area contributed by atoms with Gasteiger partial charge >= 0.3 is 0 Å². The van der Waals surface area contributed by atoms with Gasteiger partial charge in [-0.1, -0.05) is 35.5 Å². The molecular weight excluding hydrogens is 208 g/mol. The molecule has 1 heteroatoms. The molecule has 1 N–H and O–H groups in total. The van der Waals surface area contributed by atoms with Crippen molar-refractivity contribution in [2.24, 2.45) is 5.92 Å². The van der Waals surface area contributed by atoms with Gasteiger partial charge in [0.25, 0.3) is 0 Å². The first-order valence-corrected chi connectivity index (χ1v) is 6.63. The first-order chi connectivity index (χ1) is 8.00. The molecule has 0 spiro atoms. The predicted molar refractivity (Wildman–Crippen MR) is 74.9 cm³/mol. The highest BCUT2D eigenvalue weighted by atomic mass is 16.3. The van der Waals surface area contributed by atoms with Crippen molar-refractivity contribution in [3.8, 4) is 0 Å². The number of aliphatic hydroxyl groups is 1. The molecule has 1 nitrogen and oxygen atoms in total. The van der Waals surface area contributed by atoms with Crippen molar-refractivity contribution in [1.29, 1.82) is 0 Å². The van der Waals surface area contributed by atoms with Crippen molar-refractivity contribution in [2.45, 2.75) is 59.0 Å². The number of aliphatic hydroxyl groups excluding tert-OH is 1. The van der Waals surface area contributed by atoms with E-state index in [-0.39, 0.29) is 6.10 Å². The fourth-order valence-electron chi connectivity index (χ4n) is 2.25. The van der Waals surface area contributed by atoms with Gasteiger partial charge in [-0.2, -0.15) is 0 Å². The molecule has 0 fully saturated rings. The molecule has 0 saturated carbocycles. The Kier molecular flexibility index (Phi) is 5.70. The fraction of sp³-hybridized carbons (Fsp3) is 0.625. The molecule has 0 radical (unpaired) electrons. The summed E-state index contributed by atoms with van der Waals surface area (Å²) in [6, 6.07) is 0. The minimum atomic E-state index is -0.211. The van der Waals surface area contributed by atoms with Gasteiger partial charge in [0, 0.05) is 0 Å². The number of rotatable bonds is 5. The first kappa shape index (κ1) is 14.2. The first-order valence-electron chi connectivity index (χ1n) is 6.63. The summed E-state index contributed by atoms with van der Waals surface area (Å²) in [6.07, 6.45) is 9.14. The second kappa shape index (κ2) is 6.80. The quantitative estimate of drug-likeness (QED) is 0.699. The van der Waals surface area contributed by atoms with Crippen molar-refractivity contribution in [3.63, 3.8) is 0 Å². The predicted octanol–water partition coefficient (Wildman–Crippen LogP) is 4.40. The maximum absolute atomic E-state index is 10.2. The number of allylic oxidation sites excluding steroid dienone is 4. The molecule has 0 heterocycles. The van der Waals surface area contributed by atoms with E-state index in [4.69, 9.17) is 0 Å². The van der Waals surface area contributed by atoms with Crippen LogP contribution in [0.3, 0.4) is 0 Å². The average molecular weight is 234 g/mol. The standard InChI is InChI=1S/C16H26O/c1-12(2)14(4)10-13(3)11-16(17)15-8-6-5-7-9-15/h5-6,15-17H,3,7-11H2,1-2,4H3. The van der Waals surface area contributed by atoms with Crippen LogP contribution in [-0.2, 0) is 0 Å². The lowest BCUT2D eigenvalue weighted by Crippen LogP contribution is -2.21. The molecule has 0 amide bonds. The second-order valence-electron chi connectivity index (χ2n) is 5.52. The van der Waals surface area contributed by atoms with Gasteiger partial charge in [-0.15, -0.1) is 0 Å². The molecule has 96 valence electrons. The summed E-state index contributed by atoms with van der Waals surface area (Å²) < 4.78 is 0. The molecule has 1 aliphatic rings. The zero-order valence-corrected chi connectivity index (χ0v) is 11.5. The van der Waals surface area contributed by atoms with Gasteiger partial charge < -0.3 is 5.11 Å². The highest BCUT2D eigenvalue weighted by Gasteiger charge is 2.20. The summed E-state index contributed by atoms with van der Waals surface area (Å²) in [5, 5.41) is 10.2. The SMILES string of the molecule is C=C(CC(C)=C(C)C)CC(O)C1CC=CCC1. The topological polar surface area (TPSA) is 20.2 Å². The third-order valence-corrected chi connectivity index (χ3v) is 3.72. The van der Waals surface area contributed by atoms with Gasteiger partial charge in [-0.3, -0.25) is 0 Å². The Bertz CT molecular complexity index is 318. The second-order valence-corrected chi connectivity index (χ2v) is 5.52. The molecule has 2 atom stereocenters. The summed E-state index contributed by atoms with van der Waals surface area (Å²) >= 11 is 0. The summed E-state index contributed by atoms with van der Waals surface area (Å²) in [7, 11) is 0. The third-order valence-electron chi connectivity index (χ3n) is 3.72. The van der Waals surface area contributed by atoms with E-state index in [2.05, 4.69) is 39.5 Å². The fourth-order valence-corrected chi connectivity index (χ4v) is 2.25. The monoisotopic (exact) mass is 234 g/mol. The molecule has 0 saturated heterocycles. The summed E-state index contributed by atoms with van der Waals surface area (Å²) in [4.78, 5) is 0.